The van der Waals surface area contributed by atoms with Gasteiger partial charge >= 0.3 is 0 Å². The largest absolute Gasteiger partial charge is 0.383 e. The normalized spacial score (nSPS) is 11.0. The molecule has 21 heavy (non-hydrogen) atoms. The van der Waals surface area contributed by atoms with Crippen molar-refractivity contribution in [3.63, 3.8) is 0 Å². The molecule has 0 fully saturated rings. The van der Waals surface area contributed by atoms with E-state index in [1.807, 2.05) is 30.3 Å². The van der Waals surface area contributed by atoms with Crippen LogP contribution in [0, 0.1) is 5.82 Å². The number of aromatic nitrogens is 1. The molecule has 0 saturated heterocycles. The Labute approximate surface area is 123 Å². The van der Waals surface area contributed by atoms with Crippen LogP contribution in [0.25, 0.3) is 12.2 Å². The minimum Gasteiger partial charge on any atom is -0.383 e. The lowest BCUT2D eigenvalue weighted by molar-refractivity contribution is 0.211. The van der Waals surface area contributed by atoms with Crippen LogP contribution in [-0.2, 0) is 4.74 Å². The Morgan fingerprint density at radius 2 is 2.05 bits per heavy atom. The number of nitrogen functional groups attached to an aromatic ring is 1. The highest BCUT2D eigenvalue weighted by Crippen LogP contribution is 2.16. The predicted molar refractivity (Wildman–Crippen MR) is 84.3 cm³/mol. The van der Waals surface area contributed by atoms with Gasteiger partial charge < -0.3 is 15.8 Å². The summed E-state index contributed by atoms with van der Waals surface area (Å²) in [6, 6.07) is 9.24. The molecule has 0 saturated carbocycles. The summed E-state index contributed by atoms with van der Waals surface area (Å²) in [5.74, 6) is -0.0907. The monoisotopic (exact) mass is 287 g/mol. The van der Waals surface area contributed by atoms with Crippen LogP contribution < -0.4 is 11.1 Å². The number of nitrogens with one attached hydrogen (secondary N) is 1. The Hall–Kier alpha value is -2.40. The molecule has 2 aromatic rings. The van der Waals surface area contributed by atoms with E-state index in [4.69, 9.17) is 10.5 Å². The lowest BCUT2D eigenvalue weighted by atomic mass is 10.1. The first-order valence-corrected chi connectivity index (χ1v) is 6.61. The van der Waals surface area contributed by atoms with E-state index in [0.717, 1.165) is 24.0 Å². The van der Waals surface area contributed by atoms with Crippen LogP contribution >= 0.6 is 0 Å². The minimum absolute atomic E-state index is 0.311. The fourth-order valence-corrected chi connectivity index (χ4v) is 1.79. The van der Waals surface area contributed by atoms with Crippen molar-refractivity contribution in [3.8, 4) is 0 Å². The molecule has 0 radical (unpaired) electrons. The third kappa shape index (κ3) is 4.57. The fraction of sp³-hybridized carbons (Fsp3) is 0.188. The second kappa shape index (κ2) is 7.40. The Morgan fingerprint density at radius 3 is 2.76 bits per heavy atom. The smallest absolute Gasteiger partial charge is 0.142 e. The first kappa shape index (κ1) is 15.0. The van der Waals surface area contributed by atoms with Crippen LogP contribution in [0.2, 0.25) is 0 Å². The SMILES string of the molecule is COCCNc1ccc(/C=C/c2cc(F)cnc2N)cc1. The minimum atomic E-state index is -0.401. The molecule has 0 aliphatic heterocycles. The van der Waals surface area contributed by atoms with Gasteiger partial charge in [-0.2, -0.15) is 0 Å². The van der Waals surface area contributed by atoms with E-state index in [1.54, 1.807) is 13.2 Å². The lowest BCUT2D eigenvalue weighted by Crippen LogP contribution is -2.07. The summed E-state index contributed by atoms with van der Waals surface area (Å²) in [4.78, 5) is 3.78. The summed E-state index contributed by atoms with van der Waals surface area (Å²) >= 11 is 0. The predicted octanol–water partition coefficient (Wildman–Crippen LogP) is 3.03. The number of nitrogens with zero attached hydrogens (tertiary/aromatic N) is 1. The number of rotatable bonds is 6. The van der Waals surface area contributed by atoms with Crippen molar-refractivity contribution in [1.82, 2.24) is 4.98 Å². The van der Waals surface area contributed by atoms with Crippen LogP contribution in [0.3, 0.4) is 0 Å². The molecule has 110 valence electrons. The summed E-state index contributed by atoms with van der Waals surface area (Å²) in [6.45, 7) is 1.42. The van der Waals surface area contributed by atoms with Gasteiger partial charge in [-0.25, -0.2) is 9.37 Å². The number of ether oxygens (including phenoxy) is 1. The van der Waals surface area contributed by atoms with Gasteiger partial charge in [-0.1, -0.05) is 24.3 Å². The average molecular weight is 287 g/mol. The number of hydrogen-bond donors (Lipinski definition) is 2. The Balaban J connectivity index is 2.02. The van der Waals surface area contributed by atoms with Crippen molar-refractivity contribution >= 4 is 23.7 Å². The summed E-state index contributed by atoms with van der Waals surface area (Å²) < 4.78 is 18.1. The van der Waals surface area contributed by atoms with E-state index in [2.05, 4.69) is 10.3 Å². The Morgan fingerprint density at radius 1 is 1.29 bits per heavy atom. The molecule has 0 unspecified atom stereocenters. The summed E-state index contributed by atoms with van der Waals surface area (Å²) in [5.41, 5.74) is 8.28. The van der Waals surface area contributed by atoms with E-state index in [0.29, 0.717) is 18.0 Å². The van der Waals surface area contributed by atoms with E-state index in [1.165, 1.54) is 6.07 Å². The molecule has 0 bridgehead atoms. The maximum Gasteiger partial charge on any atom is 0.142 e. The van der Waals surface area contributed by atoms with Crippen molar-refractivity contribution in [2.45, 2.75) is 0 Å². The van der Waals surface area contributed by atoms with Gasteiger partial charge in [0.1, 0.15) is 11.6 Å². The van der Waals surface area contributed by atoms with Gasteiger partial charge in [-0.05, 0) is 23.8 Å². The zero-order chi connectivity index (χ0) is 15.1. The summed E-state index contributed by atoms with van der Waals surface area (Å²) in [6.07, 6.45) is 4.72. The maximum atomic E-state index is 13.1. The van der Waals surface area contributed by atoms with Gasteiger partial charge in [0.2, 0.25) is 0 Å². The Kier molecular flexibility index (Phi) is 5.29. The first-order chi connectivity index (χ1) is 10.2. The lowest BCUT2D eigenvalue weighted by Gasteiger charge is -2.05. The van der Waals surface area contributed by atoms with Gasteiger partial charge in [-0.15, -0.1) is 0 Å². The van der Waals surface area contributed by atoms with Crippen LogP contribution in [0.1, 0.15) is 11.1 Å². The van der Waals surface area contributed by atoms with E-state index < -0.39 is 5.82 Å². The van der Waals surface area contributed by atoms with Crippen molar-refractivity contribution in [2.75, 3.05) is 31.3 Å². The highest BCUT2D eigenvalue weighted by atomic mass is 19.1. The topological polar surface area (TPSA) is 60.2 Å². The number of hydrogen-bond acceptors (Lipinski definition) is 4. The summed E-state index contributed by atoms with van der Waals surface area (Å²) in [7, 11) is 1.67. The second-order valence-electron chi connectivity index (χ2n) is 4.50. The second-order valence-corrected chi connectivity index (χ2v) is 4.50. The van der Waals surface area contributed by atoms with Gasteiger partial charge in [0.25, 0.3) is 0 Å². The molecule has 0 aliphatic rings. The third-order valence-electron chi connectivity index (χ3n) is 2.92. The van der Waals surface area contributed by atoms with E-state index >= 15 is 0 Å². The molecule has 0 spiro atoms. The van der Waals surface area contributed by atoms with Crippen LogP contribution in [0.5, 0.6) is 0 Å². The summed E-state index contributed by atoms with van der Waals surface area (Å²) in [5, 5.41) is 3.23. The zero-order valence-corrected chi connectivity index (χ0v) is 11.8. The van der Waals surface area contributed by atoms with Gasteiger partial charge in [-0.3, -0.25) is 0 Å². The van der Waals surface area contributed by atoms with Crippen LogP contribution in [0.4, 0.5) is 15.9 Å². The molecule has 4 nitrogen and oxygen atoms in total. The zero-order valence-electron chi connectivity index (χ0n) is 11.8. The molecule has 0 atom stereocenters. The molecule has 5 heteroatoms. The van der Waals surface area contributed by atoms with Crippen LogP contribution in [0.15, 0.2) is 36.5 Å². The quantitative estimate of drug-likeness (QED) is 0.802. The molecule has 3 N–H and O–H groups in total. The molecule has 1 aromatic carbocycles. The number of benzene rings is 1. The van der Waals surface area contributed by atoms with Gasteiger partial charge in [0.15, 0.2) is 0 Å². The fourth-order valence-electron chi connectivity index (χ4n) is 1.79. The molecular weight excluding hydrogens is 269 g/mol. The van der Waals surface area contributed by atoms with E-state index in [9.17, 15) is 4.39 Å². The number of nitrogens with two attached hydrogens (primary N) is 1. The third-order valence-corrected chi connectivity index (χ3v) is 2.92. The van der Waals surface area contributed by atoms with Crippen molar-refractivity contribution in [1.29, 1.82) is 0 Å². The molecule has 2 rings (SSSR count). The highest BCUT2D eigenvalue weighted by Gasteiger charge is 1.99. The molecule has 0 aliphatic carbocycles. The first-order valence-electron chi connectivity index (χ1n) is 6.61. The Bertz CT molecular complexity index is 611. The molecule has 1 aromatic heterocycles. The number of methoxy groups -OCH3 is 1. The number of halogens is 1. The van der Waals surface area contributed by atoms with E-state index in [-0.39, 0.29) is 0 Å². The van der Waals surface area contributed by atoms with Crippen molar-refractivity contribution in [3.05, 3.63) is 53.5 Å². The highest BCUT2D eigenvalue weighted by molar-refractivity contribution is 5.74. The molecule has 0 amide bonds. The van der Waals surface area contributed by atoms with Crippen LogP contribution in [-0.4, -0.2) is 25.2 Å². The van der Waals surface area contributed by atoms with Crippen molar-refractivity contribution < 1.29 is 9.13 Å². The maximum absolute atomic E-state index is 13.1. The van der Waals surface area contributed by atoms with Crippen molar-refractivity contribution in [2.24, 2.45) is 0 Å². The standard InChI is InChI=1S/C16H18FN3O/c1-21-9-8-19-15-6-3-12(4-7-15)2-5-13-10-14(17)11-20-16(13)18/h2-7,10-11,19H,8-9H2,1H3,(H2,18,20)/b5-2+. The molecule has 1 heterocycles. The molecular formula is C16H18FN3O. The average Bonchev–Trinajstić information content (AvgIpc) is 2.50. The van der Waals surface area contributed by atoms with Gasteiger partial charge in [0, 0.05) is 24.9 Å². The number of anilines is 2. The van der Waals surface area contributed by atoms with Gasteiger partial charge in [0.05, 0.1) is 12.8 Å². The number of pyridine rings is 1.